The average Bonchev–Trinajstić information content (AvgIpc) is 2.30. The van der Waals surface area contributed by atoms with E-state index in [9.17, 15) is 4.21 Å². The third kappa shape index (κ3) is 7.62. The third-order valence-electron chi connectivity index (χ3n) is 2.49. The average molecular weight is 269 g/mol. The smallest absolute Gasteiger partial charge is 0.0483 e. The van der Waals surface area contributed by atoms with Crippen LogP contribution in [0, 0.1) is 6.92 Å². The van der Waals surface area contributed by atoms with Gasteiger partial charge >= 0.3 is 0 Å². The minimum Gasteiger partial charge on any atom is -0.330 e. The highest BCUT2D eigenvalue weighted by atomic mass is 32.2. The Morgan fingerprint density at radius 2 is 1.72 bits per heavy atom. The first-order chi connectivity index (χ1) is 8.61. The van der Waals surface area contributed by atoms with Crippen LogP contribution in [0.25, 0.3) is 0 Å². The van der Waals surface area contributed by atoms with Crippen LogP contribution < -0.4 is 5.73 Å². The summed E-state index contributed by atoms with van der Waals surface area (Å²) in [5.41, 5.74) is 9.26. The molecular weight excluding hydrogens is 242 g/mol. The van der Waals surface area contributed by atoms with Crippen LogP contribution in [-0.2, 0) is 23.0 Å². The van der Waals surface area contributed by atoms with Crippen molar-refractivity contribution in [1.29, 1.82) is 0 Å². The van der Waals surface area contributed by atoms with Gasteiger partial charge in [0.1, 0.15) is 0 Å². The van der Waals surface area contributed by atoms with E-state index in [-0.39, 0.29) is 0 Å². The van der Waals surface area contributed by atoms with E-state index in [0.717, 1.165) is 25.8 Å². The molecule has 0 radical (unpaired) electrons. The van der Waals surface area contributed by atoms with E-state index in [4.69, 9.17) is 5.73 Å². The first-order valence-corrected chi connectivity index (χ1v) is 8.44. The summed E-state index contributed by atoms with van der Waals surface area (Å²) >= 11 is 0. The number of aryl methyl sites for hydroxylation is 2. The second-order valence-corrected chi connectivity index (χ2v) is 5.73. The molecule has 104 valence electrons. The van der Waals surface area contributed by atoms with Gasteiger partial charge in [-0.3, -0.25) is 4.21 Å². The molecule has 0 amide bonds. The third-order valence-corrected chi connectivity index (χ3v) is 3.23. The summed E-state index contributed by atoms with van der Waals surface area (Å²) in [7, 11) is -0.760. The van der Waals surface area contributed by atoms with Crippen LogP contribution in [0.1, 0.15) is 43.4 Å². The van der Waals surface area contributed by atoms with Crippen molar-refractivity contribution in [2.45, 2.75) is 45.8 Å². The van der Waals surface area contributed by atoms with Gasteiger partial charge in [0, 0.05) is 22.8 Å². The van der Waals surface area contributed by atoms with Crippen molar-refractivity contribution in [3.63, 3.8) is 0 Å². The van der Waals surface area contributed by atoms with Crippen LogP contribution in [0.3, 0.4) is 0 Å². The molecule has 2 nitrogen and oxygen atoms in total. The highest BCUT2D eigenvalue weighted by Gasteiger charge is 2.01. The first-order valence-electron chi connectivity index (χ1n) is 6.71. The zero-order chi connectivity index (χ0) is 14.0. The van der Waals surface area contributed by atoms with E-state index in [0.29, 0.717) is 5.75 Å². The number of hydrogen-bond donors (Lipinski definition) is 1. The van der Waals surface area contributed by atoms with Crippen LogP contribution in [0.2, 0.25) is 0 Å². The summed E-state index contributed by atoms with van der Waals surface area (Å²) < 4.78 is 11.2. The second kappa shape index (κ2) is 10.3. The van der Waals surface area contributed by atoms with Crippen LogP contribution >= 0.6 is 0 Å². The molecule has 1 aromatic rings. The van der Waals surface area contributed by atoms with Gasteiger partial charge in [0.25, 0.3) is 0 Å². The second-order valence-electron chi connectivity index (χ2n) is 4.29. The molecule has 1 unspecified atom stereocenters. The maximum Gasteiger partial charge on any atom is 0.0483 e. The largest absolute Gasteiger partial charge is 0.330 e. The van der Waals surface area contributed by atoms with Gasteiger partial charge in [-0.15, -0.1) is 0 Å². The Bertz CT molecular complexity index is 364. The Morgan fingerprint density at radius 1 is 1.11 bits per heavy atom. The van der Waals surface area contributed by atoms with Crippen molar-refractivity contribution in [3.8, 4) is 0 Å². The molecule has 1 aromatic carbocycles. The van der Waals surface area contributed by atoms with Crippen molar-refractivity contribution < 1.29 is 4.21 Å². The number of unbranched alkanes of at least 4 members (excludes halogenated alkanes) is 1. The molecule has 0 saturated carbocycles. The molecule has 0 aliphatic rings. The summed E-state index contributed by atoms with van der Waals surface area (Å²) in [4.78, 5) is 0. The van der Waals surface area contributed by atoms with Gasteiger partial charge in [-0.25, -0.2) is 0 Å². The number of hydrogen-bond acceptors (Lipinski definition) is 2. The van der Waals surface area contributed by atoms with Gasteiger partial charge in [-0.05, 0) is 43.9 Å². The van der Waals surface area contributed by atoms with Crippen molar-refractivity contribution in [2.24, 2.45) is 5.73 Å². The Balaban J connectivity index is 0.00000137. The summed E-state index contributed by atoms with van der Waals surface area (Å²) in [6, 6.07) is 6.50. The van der Waals surface area contributed by atoms with Crippen LogP contribution in [0.15, 0.2) is 18.2 Å². The van der Waals surface area contributed by atoms with Gasteiger partial charge in [0.05, 0.1) is 0 Å². The van der Waals surface area contributed by atoms with E-state index >= 15 is 0 Å². The number of benzene rings is 1. The maximum atomic E-state index is 11.2. The lowest BCUT2D eigenvalue weighted by Crippen LogP contribution is -2.00. The molecule has 0 spiro atoms. The molecule has 3 heteroatoms. The fourth-order valence-corrected chi connectivity index (χ4v) is 2.52. The lowest BCUT2D eigenvalue weighted by molar-refractivity contribution is 0.686. The summed E-state index contributed by atoms with van der Waals surface area (Å²) in [6.45, 7) is 6.85. The quantitative estimate of drug-likeness (QED) is 0.806. The minimum absolute atomic E-state index is 0.658. The molecule has 0 aliphatic heterocycles. The highest BCUT2D eigenvalue weighted by Crippen LogP contribution is 2.13. The molecule has 2 N–H and O–H groups in total. The van der Waals surface area contributed by atoms with Crippen molar-refractivity contribution >= 4 is 10.8 Å². The molecule has 0 bridgehead atoms. The van der Waals surface area contributed by atoms with E-state index < -0.39 is 10.8 Å². The molecule has 1 atom stereocenters. The van der Waals surface area contributed by atoms with Gasteiger partial charge in [0.2, 0.25) is 0 Å². The fraction of sp³-hybridized carbons (Fsp3) is 0.600. The Kier molecular flexibility index (Phi) is 9.89. The standard InChI is InChI=1S/C13H21NOS.C2H6/c1-11-7-12(5-3-4-6-14)9-13(8-11)10-16(2)15;1-2/h7-9H,3-6,10,14H2,1-2H3;1-2H3. The van der Waals surface area contributed by atoms with Crippen molar-refractivity contribution in [3.05, 3.63) is 34.9 Å². The lowest BCUT2D eigenvalue weighted by atomic mass is 10.0. The molecule has 0 aromatic heterocycles. The normalized spacial score (nSPS) is 11.6. The highest BCUT2D eigenvalue weighted by molar-refractivity contribution is 7.83. The lowest BCUT2D eigenvalue weighted by Gasteiger charge is -2.06. The summed E-state index contributed by atoms with van der Waals surface area (Å²) in [5.74, 6) is 0.658. The number of rotatable bonds is 6. The molecule has 0 heterocycles. The Labute approximate surface area is 114 Å². The zero-order valence-electron chi connectivity index (χ0n) is 12.2. The van der Waals surface area contributed by atoms with E-state index in [1.54, 1.807) is 6.26 Å². The molecule has 0 fully saturated rings. The molecule has 18 heavy (non-hydrogen) atoms. The number of nitrogens with two attached hydrogens (primary N) is 1. The van der Waals surface area contributed by atoms with Crippen LogP contribution in [-0.4, -0.2) is 17.0 Å². The van der Waals surface area contributed by atoms with Gasteiger partial charge < -0.3 is 5.73 Å². The van der Waals surface area contributed by atoms with Crippen LogP contribution in [0.4, 0.5) is 0 Å². The van der Waals surface area contributed by atoms with Crippen molar-refractivity contribution in [1.82, 2.24) is 0 Å². The summed E-state index contributed by atoms with van der Waals surface area (Å²) in [5, 5.41) is 0. The van der Waals surface area contributed by atoms with E-state index in [2.05, 4.69) is 25.1 Å². The Hall–Kier alpha value is -0.670. The zero-order valence-corrected chi connectivity index (χ0v) is 13.0. The fourth-order valence-electron chi connectivity index (χ4n) is 1.88. The first kappa shape index (κ1) is 17.3. The SMILES string of the molecule is CC.Cc1cc(CCCCN)cc(CS(C)=O)c1. The maximum absolute atomic E-state index is 11.2. The predicted molar refractivity (Wildman–Crippen MR) is 82.3 cm³/mol. The molecule has 1 rings (SSSR count). The van der Waals surface area contributed by atoms with Gasteiger partial charge in [-0.2, -0.15) is 0 Å². The van der Waals surface area contributed by atoms with E-state index in [1.807, 2.05) is 13.8 Å². The Morgan fingerprint density at radius 3 is 2.28 bits per heavy atom. The van der Waals surface area contributed by atoms with Crippen LogP contribution in [0.5, 0.6) is 0 Å². The van der Waals surface area contributed by atoms with Gasteiger partial charge in [0.15, 0.2) is 0 Å². The predicted octanol–water partition coefficient (Wildman–Crippen LogP) is 3.18. The molecular formula is C15H27NOS. The molecule has 0 saturated heterocycles. The van der Waals surface area contributed by atoms with Crippen molar-refractivity contribution in [2.75, 3.05) is 12.8 Å². The summed E-state index contributed by atoms with van der Waals surface area (Å²) in [6.07, 6.45) is 5.02. The minimum atomic E-state index is -0.760. The monoisotopic (exact) mass is 269 g/mol. The van der Waals surface area contributed by atoms with E-state index in [1.165, 1.54) is 16.7 Å². The van der Waals surface area contributed by atoms with Gasteiger partial charge in [-0.1, -0.05) is 37.6 Å². The topological polar surface area (TPSA) is 43.1 Å². The molecule has 0 aliphatic carbocycles.